The van der Waals surface area contributed by atoms with E-state index in [2.05, 4.69) is 39.2 Å². The molecule has 0 aliphatic heterocycles. The number of aliphatic hydroxyl groups is 1. The number of amides is 1. The third kappa shape index (κ3) is 33.8. The lowest BCUT2D eigenvalue weighted by Crippen LogP contribution is -2.25. The quantitative estimate of drug-likeness (QED) is 0.340. The van der Waals surface area contributed by atoms with Crippen LogP contribution in [0.25, 0.3) is 0 Å². The molecule has 3 heteroatoms. The molecule has 0 aromatic heterocycles. The van der Waals surface area contributed by atoms with Gasteiger partial charge in [0, 0.05) is 13.0 Å². The molecule has 1 amide bonds. The lowest BCUT2D eigenvalue weighted by Gasteiger charge is -2.02. The minimum Gasteiger partial charge on any atom is -0.395 e. The van der Waals surface area contributed by atoms with Gasteiger partial charge in [0.05, 0.1) is 6.61 Å². The zero-order valence-corrected chi connectivity index (χ0v) is 16.2. The van der Waals surface area contributed by atoms with Gasteiger partial charge in [-0.15, -0.1) is 13.2 Å². The third-order valence-corrected chi connectivity index (χ3v) is 3.40. The monoisotopic (exact) mass is 329 g/mol. The van der Waals surface area contributed by atoms with E-state index in [9.17, 15) is 4.79 Å². The number of rotatable bonds is 13. The summed E-state index contributed by atoms with van der Waals surface area (Å²) in [6, 6.07) is 0. The van der Waals surface area contributed by atoms with Crippen LogP contribution in [0.2, 0.25) is 0 Å². The van der Waals surface area contributed by atoms with Gasteiger partial charge in [0.15, 0.2) is 0 Å². The number of aliphatic hydroxyl groups excluding tert-OH is 1. The summed E-state index contributed by atoms with van der Waals surface area (Å²) in [5, 5.41) is 11.1. The van der Waals surface area contributed by atoms with Gasteiger partial charge in [-0.05, 0) is 6.42 Å². The fraction of sp³-hybridized carbons (Fsp3) is 0.850. The molecule has 3 nitrogen and oxygen atoms in total. The third-order valence-electron chi connectivity index (χ3n) is 3.40. The number of hydrogen-bond acceptors (Lipinski definition) is 2. The van der Waals surface area contributed by atoms with Crippen LogP contribution in [0.5, 0.6) is 0 Å². The highest BCUT2D eigenvalue weighted by atomic mass is 16.3. The topological polar surface area (TPSA) is 49.3 Å². The smallest absolute Gasteiger partial charge is 0.220 e. The van der Waals surface area contributed by atoms with Crippen molar-refractivity contribution in [2.45, 2.75) is 97.8 Å². The Morgan fingerprint density at radius 3 is 1.52 bits per heavy atom. The first-order valence-electron chi connectivity index (χ1n) is 9.60. The molecule has 2 N–H and O–H groups in total. The molecule has 0 heterocycles. The van der Waals surface area contributed by atoms with Gasteiger partial charge in [0.2, 0.25) is 5.91 Å². The van der Waals surface area contributed by atoms with Crippen LogP contribution in [0.3, 0.4) is 0 Å². The van der Waals surface area contributed by atoms with E-state index in [-0.39, 0.29) is 12.5 Å². The highest BCUT2D eigenvalue weighted by molar-refractivity contribution is 5.75. The van der Waals surface area contributed by atoms with Gasteiger partial charge < -0.3 is 10.4 Å². The predicted molar refractivity (Wildman–Crippen MR) is 104 cm³/mol. The molecule has 140 valence electrons. The van der Waals surface area contributed by atoms with Crippen LogP contribution in [0.1, 0.15) is 97.8 Å². The average Bonchev–Trinajstić information content (AvgIpc) is 2.59. The van der Waals surface area contributed by atoms with Gasteiger partial charge in [-0.3, -0.25) is 4.79 Å². The average molecular weight is 330 g/mol. The van der Waals surface area contributed by atoms with Crippen LogP contribution in [-0.2, 0) is 4.79 Å². The van der Waals surface area contributed by atoms with E-state index in [1.54, 1.807) is 0 Å². The minimum absolute atomic E-state index is 0.0293. The van der Waals surface area contributed by atoms with E-state index in [0.29, 0.717) is 13.0 Å². The van der Waals surface area contributed by atoms with Crippen LogP contribution in [0.15, 0.2) is 13.2 Å². The summed E-state index contributed by atoms with van der Waals surface area (Å²) >= 11 is 0. The molecule has 23 heavy (non-hydrogen) atoms. The Bertz CT molecular complexity index is 202. The van der Waals surface area contributed by atoms with Crippen molar-refractivity contribution in [2.75, 3.05) is 13.2 Å². The highest BCUT2D eigenvalue weighted by Gasteiger charge is 1.98. The van der Waals surface area contributed by atoms with Gasteiger partial charge in [-0.25, -0.2) is 0 Å². The molecular weight excluding hydrogens is 286 g/mol. The van der Waals surface area contributed by atoms with E-state index in [1.165, 1.54) is 57.8 Å². The van der Waals surface area contributed by atoms with Crippen molar-refractivity contribution in [3.63, 3.8) is 0 Å². The molecule has 0 aromatic rings. The Balaban J connectivity index is -0.000000343. The molecule has 0 saturated carbocycles. The second-order valence-electron chi connectivity index (χ2n) is 5.65. The first-order chi connectivity index (χ1) is 11.2. The lowest BCUT2D eigenvalue weighted by molar-refractivity contribution is -0.121. The van der Waals surface area contributed by atoms with E-state index in [0.717, 1.165) is 12.8 Å². The molecule has 0 aromatic carbocycles. The number of carbonyl (C=O) groups is 1. The molecule has 0 unspecified atom stereocenters. The summed E-state index contributed by atoms with van der Waals surface area (Å²) in [7, 11) is 0. The van der Waals surface area contributed by atoms with Crippen LogP contribution < -0.4 is 5.32 Å². The number of nitrogens with one attached hydrogen (secondary N) is 1. The Kier molecular flexibility index (Phi) is 34.3. The largest absolute Gasteiger partial charge is 0.395 e. The standard InChI is InChI=1S/C10H21NO2.C8H18.C2H4/c1-2-3-4-5-6-7-10(13)11-8-9-12;1-3-5-7-8-6-4-2;1-2/h12H,2-9H2,1H3,(H,11,13);3-8H2,1-2H3;1-2H2. The Hall–Kier alpha value is -0.830. The van der Waals surface area contributed by atoms with Gasteiger partial charge >= 0.3 is 0 Å². The van der Waals surface area contributed by atoms with Gasteiger partial charge in [0.25, 0.3) is 0 Å². The molecule has 0 rings (SSSR count). The minimum atomic E-state index is 0.0293. The predicted octanol–water partition coefficient (Wildman–Crippen LogP) is 5.62. The Labute approximate surface area is 146 Å². The maximum atomic E-state index is 11.0. The molecule has 0 atom stereocenters. The van der Waals surface area contributed by atoms with Gasteiger partial charge in [0.1, 0.15) is 0 Å². The van der Waals surface area contributed by atoms with Gasteiger partial charge in [-0.1, -0.05) is 85.0 Å². The Morgan fingerprint density at radius 2 is 1.17 bits per heavy atom. The van der Waals surface area contributed by atoms with Crippen molar-refractivity contribution in [3.8, 4) is 0 Å². The van der Waals surface area contributed by atoms with Crippen LogP contribution in [0.4, 0.5) is 0 Å². The second-order valence-corrected chi connectivity index (χ2v) is 5.65. The fourth-order valence-electron chi connectivity index (χ4n) is 2.03. The second kappa shape index (κ2) is 29.2. The zero-order chi connectivity index (χ0) is 18.2. The van der Waals surface area contributed by atoms with Crippen molar-refractivity contribution in [2.24, 2.45) is 0 Å². The summed E-state index contributed by atoms with van der Waals surface area (Å²) < 4.78 is 0. The van der Waals surface area contributed by atoms with Crippen molar-refractivity contribution >= 4 is 5.91 Å². The lowest BCUT2D eigenvalue weighted by atomic mass is 10.1. The first-order valence-corrected chi connectivity index (χ1v) is 9.60. The van der Waals surface area contributed by atoms with Crippen molar-refractivity contribution in [3.05, 3.63) is 13.2 Å². The van der Waals surface area contributed by atoms with E-state index >= 15 is 0 Å². The summed E-state index contributed by atoms with van der Waals surface area (Å²) in [6.07, 6.45) is 14.9. The Morgan fingerprint density at radius 1 is 0.783 bits per heavy atom. The van der Waals surface area contributed by atoms with Crippen LogP contribution in [0, 0.1) is 0 Å². The molecule has 0 radical (unpaired) electrons. The molecule has 0 bridgehead atoms. The van der Waals surface area contributed by atoms with E-state index in [4.69, 9.17) is 5.11 Å². The number of unbranched alkanes of at least 4 members (excludes halogenated alkanes) is 9. The molecule has 0 fully saturated rings. The molecule has 0 aliphatic carbocycles. The number of carbonyl (C=O) groups excluding carboxylic acids is 1. The number of hydrogen-bond donors (Lipinski definition) is 2. The molecule has 0 aliphatic rings. The summed E-state index contributed by atoms with van der Waals surface area (Å²) in [6.45, 7) is 13.1. The summed E-state index contributed by atoms with van der Waals surface area (Å²) in [4.78, 5) is 11.0. The summed E-state index contributed by atoms with van der Waals surface area (Å²) in [5.41, 5.74) is 0. The summed E-state index contributed by atoms with van der Waals surface area (Å²) in [5.74, 6) is 0.0607. The van der Waals surface area contributed by atoms with Crippen LogP contribution >= 0.6 is 0 Å². The molecule has 0 spiro atoms. The van der Waals surface area contributed by atoms with E-state index in [1.807, 2.05) is 0 Å². The zero-order valence-electron chi connectivity index (χ0n) is 16.2. The van der Waals surface area contributed by atoms with E-state index < -0.39 is 0 Å². The van der Waals surface area contributed by atoms with Crippen LogP contribution in [-0.4, -0.2) is 24.2 Å². The van der Waals surface area contributed by atoms with Gasteiger partial charge in [-0.2, -0.15) is 0 Å². The maximum absolute atomic E-state index is 11.0. The van der Waals surface area contributed by atoms with Crippen molar-refractivity contribution in [1.29, 1.82) is 0 Å². The van der Waals surface area contributed by atoms with Crippen molar-refractivity contribution < 1.29 is 9.90 Å². The maximum Gasteiger partial charge on any atom is 0.220 e. The SMILES string of the molecule is C=C.CCCCCCCC.CCCCCCCC(=O)NCCO. The van der Waals surface area contributed by atoms with Crippen molar-refractivity contribution in [1.82, 2.24) is 5.32 Å². The first kappa shape index (κ1) is 27.0. The highest BCUT2D eigenvalue weighted by Crippen LogP contribution is 2.04. The normalized spacial score (nSPS) is 9.22. The molecule has 0 saturated heterocycles. The molecular formula is C20H43NO2. The fourth-order valence-corrected chi connectivity index (χ4v) is 2.03.